The Labute approximate surface area is 210 Å². The second-order valence-electron chi connectivity index (χ2n) is 7.05. The first kappa shape index (κ1) is 27.0. The zero-order valence-electron chi connectivity index (χ0n) is 18.5. The van der Waals surface area contributed by atoms with E-state index in [4.69, 9.17) is 0 Å². The zero-order valence-corrected chi connectivity index (χ0v) is 18.5. The van der Waals surface area contributed by atoms with E-state index in [1.54, 1.807) is 0 Å². The van der Waals surface area contributed by atoms with Crippen LogP contribution in [0.1, 0.15) is 0 Å². The normalized spacial score (nSPS) is 11.0. The summed E-state index contributed by atoms with van der Waals surface area (Å²) >= 11 is 0. The van der Waals surface area contributed by atoms with E-state index in [0.29, 0.717) is 24.3 Å². The molecule has 1 heterocycles. The van der Waals surface area contributed by atoms with Gasteiger partial charge in [-0.1, -0.05) is 6.07 Å². The van der Waals surface area contributed by atoms with Gasteiger partial charge in [0, 0.05) is 0 Å². The summed E-state index contributed by atoms with van der Waals surface area (Å²) in [7, 11) is 0. The van der Waals surface area contributed by atoms with Crippen molar-refractivity contribution in [2.45, 2.75) is 0 Å². The number of aromatic nitrogens is 1. The van der Waals surface area contributed by atoms with Gasteiger partial charge in [0.2, 0.25) is 5.69 Å². The van der Waals surface area contributed by atoms with Crippen LogP contribution < -0.4 is 10.8 Å². The maximum Gasteiger partial charge on any atom is 0.308 e. The molecule has 3 rings (SSSR count). The molecule has 0 unspecified atom stereocenters. The van der Waals surface area contributed by atoms with Gasteiger partial charge in [-0.05, 0) is 12.1 Å². The Morgan fingerprint density at radius 1 is 0.641 bits per heavy atom. The third-order valence-electron chi connectivity index (χ3n) is 4.77. The lowest BCUT2D eigenvalue weighted by atomic mass is 10.2. The molecule has 0 bridgehead atoms. The number of hydrogen-bond acceptors (Lipinski definition) is 15. The molecule has 39 heavy (non-hydrogen) atoms. The van der Waals surface area contributed by atoms with Gasteiger partial charge in [0.1, 0.15) is 5.82 Å². The standard InChI is InChI=1S/C17H9N9O13/c27-20-14(18-16-10(23(32)33)4-8(21(28)29)5-11(16)24(34)35)2-1-3-15(20)19-17-12(25(36)37)6-9(22(30)31)7-13(17)26(38)39/h1-7,18,27H. The lowest BCUT2D eigenvalue weighted by Gasteiger charge is -2.11. The van der Waals surface area contributed by atoms with Crippen LogP contribution in [0.3, 0.4) is 0 Å². The van der Waals surface area contributed by atoms with Crippen LogP contribution in [0.2, 0.25) is 0 Å². The Hall–Kier alpha value is -6.61. The lowest BCUT2D eigenvalue weighted by Crippen LogP contribution is -2.21. The summed E-state index contributed by atoms with van der Waals surface area (Å²) in [6.45, 7) is 0. The van der Waals surface area contributed by atoms with E-state index in [0.717, 1.165) is 18.2 Å². The van der Waals surface area contributed by atoms with Gasteiger partial charge in [-0.25, -0.2) is 4.99 Å². The molecule has 0 amide bonds. The zero-order chi connectivity index (χ0) is 29.2. The fraction of sp³-hybridized carbons (Fsp3) is 0. The van der Waals surface area contributed by atoms with Gasteiger partial charge in [0.15, 0.2) is 11.2 Å². The number of non-ortho nitro benzene ring substituents is 2. The third-order valence-corrected chi connectivity index (χ3v) is 4.77. The molecule has 0 fully saturated rings. The van der Waals surface area contributed by atoms with Crippen LogP contribution in [0.5, 0.6) is 0 Å². The number of rotatable bonds is 9. The van der Waals surface area contributed by atoms with E-state index in [-0.39, 0.29) is 4.73 Å². The van der Waals surface area contributed by atoms with Crippen LogP contribution in [0.15, 0.2) is 47.5 Å². The minimum absolute atomic E-state index is 0.0454. The number of anilines is 2. The molecule has 1 aromatic heterocycles. The Balaban J connectivity index is 2.29. The summed E-state index contributed by atoms with van der Waals surface area (Å²) in [6.07, 6.45) is 0. The highest BCUT2D eigenvalue weighted by molar-refractivity contribution is 5.80. The van der Waals surface area contributed by atoms with Crippen molar-refractivity contribution in [2.75, 3.05) is 5.32 Å². The molecule has 2 N–H and O–H groups in total. The number of benzene rings is 2. The summed E-state index contributed by atoms with van der Waals surface area (Å²) in [6, 6.07) is 4.59. The predicted molar refractivity (Wildman–Crippen MR) is 123 cm³/mol. The average Bonchev–Trinajstić information content (AvgIpc) is 2.85. The quantitative estimate of drug-likeness (QED) is 0.221. The maximum atomic E-state index is 11.5. The second kappa shape index (κ2) is 10.2. The van der Waals surface area contributed by atoms with Crippen molar-refractivity contribution in [3.63, 3.8) is 0 Å². The molecule has 22 nitrogen and oxygen atoms in total. The van der Waals surface area contributed by atoms with Crippen LogP contribution in [0.25, 0.3) is 0 Å². The fourth-order valence-corrected chi connectivity index (χ4v) is 3.12. The second-order valence-corrected chi connectivity index (χ2v) is 7.05. The highest BCUT2D eigenvalue weighted by atomic mass is 16.6. The van der Waals surface area contributed by atoms with Crippen molar-refractivity contribution in [2.24, 2.45) is 4.99 Å². The van der Waals surface area contributed by atoms with E-state index in [2.05, 4.69) is 10.3 Å². The smallest absolute Gasteiger partial charge is 0.308 e. The van der Waals surface area contributed by atoms with Crippen LogP contribution in [-0.2, 0) is 0 Å². The number of nitro benzene ring substituents is 6. The van der Waals surface area contributed by atoms with E-state index in [1.165, 1.54) is 0 Å². The predicted octanol–water partition coefficient (Wildman–Crippen LogP) is 3.15. The summed E-state index contributed by atoms with van der Waals surface area (Å²) in [5.74, 6) is -0.622. The van der Waals surface area contributed by atoms with Gasteiger partial charge in [-0.15, -0.1) is 0 Å². The maximum absolute atomic E-state index is 11.5. The number of nitro groups is 6. The third kappa shape index (κ3) is 5.32. The Kier molecular flexibility index (Phi) is 7.04. The van der Waals surface area contributed by atoms with E-state index in [9.17, 15) is 65.9 Å². The largest absolute Gasteiger partial charge is 0.425 e. The summed E-state index contributed by atoms with van der Waals surface area (Å²) in [5.41, 5.74) is -9.29. The molecule has 0 spiro atoms. The molecule has 2 aromatic carbocycles. The van der Waals surface area contributed by atoms with Crippen molar-refractivity contribution in [1.82, 2.24) is 4.73 Å². The number of hydrogen-bond donors (Lipinski definition) is 2. The number of nitrogens with zero attached hydrogens (tertiary/aromatic N) is 8. The SMILES string of the molecule is O=[N+]([O-])c1cc([N+](=O)[O-])c(N=c2cccc(Nc3c([N+](=O)[O-])cc([N+](=O)[O-])cc3[N+](=O)[O-])n2O)c([N+](=O)[O-])c1. The lowest BCUT2D eigenvalue weighted by molar-refractivity contribution is -0.402. The van der Waals surface area contributed by atoms with Crippen molar-refractivity contribution >= 4 is 51.3 Å². The van der Waals surface area contributed by atoms with E-state index in [1.807, 2.05) is 0 Å². The molecule has 0 aliphatic rings. The minimum Gasteiger partial charge on any atom is -0.425 e. The fourth-order valence-electron chi connectivity index (χ4n) is 3.12. The van der Waals surface area contributed by atoms with Crippen LogP contribution in [-0.4, -0.2) is 39.5 Å². The Morgan fingerprint density at radius 2 is 1.05 bits per heavy atom. The van der Waals surface area contributed by atoms with E-state index < -0.39 is 86.3 Å². The first-order valence-electron chi connectivity index (χ1n) is 9.68. The highest BCUT2D eigenvalue weighted by Gasteiger charge is 2.32. The monoisotopic (exact) mass is 547 g/mol. The highest BCUT2D eigenvalue weighted by Crippen LogP contribution is 2.41. The molecule has 3 aromatic rings. The summed E-state index contributed by atoms with van der Waals surface area (Å²) in [5, 5.41) is 80.8. The number of pyridine rings is 1. The molecule has 0 saturated heterocycles. The minimum atomic E-state index is -1.20. The van der Waals surface area contributed by atoms with Crippen molar-refractivity contribution in [3.8, 4) is 0 Å². The van der Waals surface area contributed by atoms with Crippen LogP contribution >= 0.6 is 0 Å². The number of nitrogens with one attached hydrogen (secondary N) is 1. The molecule has 0 radical (unpaired) electrons. The van der Waals surface area contributed by atoms with Gasteiger partial charge >= 0.3 is 22.7 Å². The first-order valence-corrected chi connectivity index (χ1v) is 9.68. The van der Waals surface area contributed by atoms with Gasteiger partial charge in [-0.3, -0.25) is 60.7 Å². The van der Waals surface area contributed by atoms with Gasteiger partial charge in [-0.2, -0.15) is 4.73 Å². The topological polar surface area (TPSA) is 308 Å². The molecule has 200 valence electrons. The molecule has 0 aliphatic heterocycles. The Bertz CT molecular complexity index is 1610. The van der Waals surface area contributed by atoms with Crippen LogP contribution in [0.4, 0.5) is 51.3 Å². The van der Waals surface area contributed by atoms with Gasteiger partial charge in [0.05, 0.1) is 53.8 Å². The average molecular weight is 547 g/mol. The molecule has 0 atom stereocenters. The van der Waals surface area contributed by atoms with Gasteiger partial charge in [0.25, 0.3) is 11.4 Å². The molecule has 22 heteroatoms. The molecular weight excluding hydrogens is 538 g/mol. The van der Waals surface area contributed by atoms with Crippen molar-refractivity contribution < 1.29 is 34.7 Å². The Morgan fingerprint density at radius 3 is 1.44 bits per heavy atom. The molecular formula is C17H9N9O13. The molecule has 0 aliphatic carbocycles. The summed E-state index contributed by atoms with van der Waals surface area (Å²) in [4.78, 5) is 64.7. The van der Waals surface area contributed by atoms with Crippen molar-refractivity contribution in [1.29, 1.82) is 0 Å². The van der Waals surface area contributed by atoms with Crippen molar-refractivity contribution in [3.05, 3.63) is 109 Å². The summed E-state index contributed by atoms with van der Waals surface area (Å²) < 4.78 is 0.0454. The van der Waals surface area contributed by atoms with Gasteiger partial charge < -0.3 is 10.5 Å². The van der Waals surface area contributed by atoms with Crippen LogP contribution in [0, 0.1) is 60.7 Å². The molecule has 0 saturated carbocycles. The first-order chi connectivity index (χ1) is 18.2. The van der Waals surface area contributed by atoms with E-state index >= 15 is 0 Å².